The zero-order valence-corrected chi connectivity index (χ0v) is 11.8. The molecule has 5 heteroatoms. The Bertz CT molecular complexity index is 672. The molecular weight excluding hydrogens is 256 g/mol. The molecule has 0 amide bonds. The van der Waals surface area contributed by atoms with Crippen LogP contribution in [0.5, 0.6) is 0 Å². The number of hydrogen-bond donors (Lipinski definition) is 1. The minimum Gasteiger partial charge on any atom is -0.350 e. The minimum absolute atomic E-state index is 0.316. The maximum absolute atomic E-state index is 4.53. The second-order valence-electron chi connectivity index (χ2n) is 4.72. The summed E-state index contributed by atoms with van der Waals surface area (Å²) in [6, 6.07) is 8.58. The fourth-order valence-electron chi connectivity index (χ4n) is 2.10. The van der Waals surface area contributed by atoms with E-state index in [9.17, 15) is 0 Å². The van der Waals surface area contributed by atoms with Gasteiger partial charge in [-0.25, -0.2) is 4.52 Å². The first-order chi connectivity index (χ1) is 9.22. The Balaban J connectivity index is 1.76. The predicted octanol–water partition coefficient (Wildman–Crippen LogP) is 3.14. The first kappa shape index (κ1) is 12.2. The molecule has 98 valence electrons. The molecule has 19 heavy (non-hydrogen) atoms. The van der Waals surface area contributed by atoms with Gasteiger partial charge in [-0.1, -0.05) is 12.1 Å². The van der Waals surface area contributed by atoms with E-state index in [4.69, 9.17) is 0 Å². The molecule has 0 bridgehead atoms. The highest BCUT2D eigenvalue weighted by atomic mass is 32.1. The molecule has 3 aromatic heterocycles. The molecule has 1 N–H and O–H groups in total. The van der Waals surface area contributed by atoms with Gasteiger partial charge < -0.3 is 5.32 Å². The predicted molar refractivity (Wildman–Crippen MR) is 78.8 cm³/mol. The van der Waals surface area contributed by atoms with Gasteiger partial charge in [-0.15, -0.1) is 16.4 Å². The Morgan fingerprint density at radius 3 is 3.00 bits per heavy atom. The van der Waals surface area contributed by atoms with Crippen molar-refractivity contribution in [2.75, 3.05) is 5.32 Å². The first-order valence-electron chi connectivity index (χ1n) is 6.33. The molecule has 0 spiro atoms. The Hall–Kier alpha value is -1.88. The van der Waals surface area contributed by atoms with Crippen LogP contribution >= 0.6 is 11.3 Å². The van der Waals surface area contributed by atoms with Gasteiger partial charge in [-0.3, -0.25) is 0 Å². The Kier molecular flexibility index (Phi) is 3.21. The lowest BCUT2D eigenvalue weighted by Gasteiger charge is -2.10. The van der Waals surface area contributed by atoms with E-state index in [-0.39, 0.29) is 0 Å². The van der Waals surface area contributed by atoms with Crippen molar-refractivity contribution < 1.29 is 0 Å². The number of nitrogens with zero attached hydrogens (tertiary/aromatic N) is 3. The van der Waals surface area contributed by atoms with Crippen molar-refractivity contribution in [1.82, 2.24) is 14.6 Å². The molecule has 3 heterocycles. The molecule has 3 rings (SSSR count). The molecule has 1 atom stereocenters. The maximum atomic E-state index is 4.53. The van der Waals surface area contributed by atoms with Gasteiger partial charge in [0.2, 0.25) is 5.95 Å². The number of aryl methyl sites for hydroxylation is 1. The van der Waals surface area contributed by atoms with E-state index in [0.29, 0.717) is 12.0 Å². The molecule has 1 unspecified atom stereocenters. The molecule has 0 aliphatic rings. The molecule has 0 fully saturated rings. The number of hydrogen-bond acceptors (Lipinski definition) is 4. The second-order valence-corrected chi connectivity index (χ2v) is 5.76. The lowest BCUT2D eigenvalue weighted by atomic mass is 10.2. The van der Waals surface area contributed by atoms with E-state index < -0.39 is 0 Å². The van der Waals surface area contributed by atoms with Crippen molar-refractivity contribution in [3.05, 3.63) is 46.3 Å². The van der Waals surface area contributed by atoms with Crippen LogP contribution in [0.25, 0.3) is 5.65 Å². The van der Waals surface area contributed by atoms with Crippen molar-refractivity contribution in [2.45, 2.75) is 26.3 Å². The minimum atomic E-state index is 0.316. The van der Waals surface area contributed by atoms with Crippen molar-refractivity contribution in [1.29, 1.82) is 0 Å². The van der Waals surface area contributed by atoms with Crippen LogP contribution in [0.1, 0.15) is 17.4 Å². The summed E-state index contributed by atoms with van der Waals surface area (Å²) in [6.07, 6.45) is 2.91. The molecular formula is C14H16N4S. The summed E-state index contributed by atoms with van der Waals surface area (Å²) in [5, 5.41) is 9.91. The molecule has 0 aromatic carbocycles. The smallest absolute Gasteiger partial charge is 0.243 e. The first-order valence-corrected chi connectivity index (χ1v) is 7.21. The van der Waals surface area contributed by atoms with Crippen molar-refractivity contribution >= 4 is 22.9 Å². The van der Waals surface area contributed by atoms with Crippen LogP contribution in [-0.4, -0.2) is 20.6 Å². The third-order valence-corrected chi connectivity index (χ3v) is 3.92. The number of pyridine rings is 1. The monoisotopic (exact) mass is 272 g/mol. The molecule has 3 aromatic rings. The number of thiophene rings is 1. The van der Waals surface area contributed by atoms with E-state index in [1.807, 2.05) is 29.8 Å². The summed E-state index contributed by atoms with van der Waals surface area (Å²) in [5.41, 5.74) is 2.04. The van der Waals surface area contributed by atoms with Crippen molar-refractivity contribution in [3.8, 4) is 0 Å². The van der Waals surface area contributed by atoms with Gasteiger partial charge in [0.25, 0.3) is 0 Å². The SMILES string of the molecule is Cc1cccn2nc(NC(C)Cc3cccs3)nc12. The lowest BCUT2D eigenvalue weighted by Crippen LogP contribution is -2.18. The maximum Gasteiger partial charge on any atom is 0.243 e. The van der Waals surface area contributed by atoms with E-state index >= 15 is 0 Å². The molecule has 0 aliphatic heterocycles. The number of fused-ring (bicyclic) bond motifs is 1. The standard InChI is InChI=1S/C14H16N4S/c1-10-5-3-7-18-13(10)16-14(17-18)15-11(2)9-12-6-4-8-19-12/h3-8,11H,9H2,1-2H3,(H,15,17). The molecule has 0 saturated heterocycles. The van der Waals surface area contributed by atoms with E-state index in [1.165, 1.54) is 4.88 Å². The highest BCUT2D eigenvalue weighted by Crippen LogP contribution is 2.14. The van der Waals surface area contributed by atoms with Crippen LogP contribution < -0.4 is 5.32 Å². The zero-order chi connectivity index (χ0) is 13.2. The normalized spacial score (nSPS) is 12.7. The molecule has 0 radical (unpaired) electrons. The van der Waals surface area contributed by atoms with Crippen LogP contribution in [-0.2, 0) is 6.42 Å². The highest BCUT2D eigenvalue weighted by Gasteiger charge is 2.09. The fourth-order valence-corrected chi connectivity index (χ4v) is 2.94. The number of anilines is 1. The average Bonchev–Trinajstić information content (AvgIpc) is 2.98. The van der Waals surface area contributed by atoms with E-state index in [1.54, 1.807) is 11.3 Å². The van der Waals surface area contributed by atoms with E-state index in [0.717, 1.165) is 17.6 Å². The van der Waals surface area contributed by atoms with Gasteiger partial charge in [-0.05, 0) is 36.9 Å². The summed E-state index contributed by atoms with van der Waals surface area (Å²) in [4.78, 5) is 5.90. The van der Waals surface area contributed by atoms with Crippen molar-refractivity contribution in [2.24, 2.45) is 0 Å². The Morgan fingerprint density at radius 2 is 2.26 bits per heavy atom. The van der Waals surface area contributed by atoms with E-state index in [2.05, 4.69) is 39.8 Å². The summed E-state index contributed by atoms with van der Waals surface area (Å²) in [7, 11) is 0. The topological polar surface area (TPSA) is 42.2 Å². The number of aromatic nitrogens is 3. The Labute approximate surface area is 116 Å². The zero-order valence-electron chi connectivity index (χ0n) is 11.0. The Morgan fingerprint density at radius 1 is 1.37 bits per heavy atom. The van der Waals surface area contributed by atoms with Gasteiger partial charge in [-0.2, -0.15) is 4.98 Å². The van der Waals surface area contributed by atoms with Gasteiger partial charge >= 0.3 is 0 Å². The quantitative estimate of drug-likeness (QED) is 0.793. The number of nitrogens with one attached hydrogen (secondary N) is 1. The lowest BCUT2D eigenvalue weighted by molar-refractivity contribution is 0.784. The van der Waals surface area contributed by atoms with Crippen LogP contribution in [0.2, 0.25) is 0 Å². The van der Waals surface area contributed by atoms with Crippen LogP contribution in [0.3, 0.4) is 0 Å². The largest absolute Gasteiger partial charge is 0.350 e. The van der Waals surface area contributed by atoms with Crippen LogP contribution in [0, 0.1) is 6.92 Å². The summed E-state index contributed by atoms with van der Waals surface area (Å²) >= 11 is 1.78. The summed E-state index contributed by atoms with van der Waals surface area (Å²) in [6.45, 7) is 4.20. The second kappa shape index (κ2) is 5.01. The van der Waals surface area contributed by atoms with Gasteiger partial charge in [0.1, 0.15) is 0 Å². The highest BCUT2D eigenvalue weighted by molar-refractivity contribution is 7.09. The summed E-state index contributed by atoms with van der Waals surface area (Å²) in [5.74, 6) is 0.693. The van der Waals surface area contributed by atoms with Gasteiger partial charge in [0.15, 0.2) is 5.65 Å². The van der Waals surface area contributed by atoms with Crippen molar-refractivity contribution in [3.63, 3.8) is 0 Å². The van der Waals surface area contributed by atoms with Crippen LogP contribution in [0.4, 0.5) is 5.95 Å². The van der Waals surface area contributed by atoms with Gasteiger partial charge in [0.05, 0.1) is 0 Å². The molecule has 0 saturated carbocycles. The van der Waals surface area contributed by atoms with Gasteiger partial charge in [0, 0.05) is 23.5 Å². The fraction of sp³-hybridized carbons (Fsp3) is 0.286. The third-order valence-electron chi connectivity index (χ3n) is 3.02. The molecule has 0 aliphatic carbocycles. The third kappa shape index (κ3) is 2.61. The summed E-state index contributed by atoms with van der Waals surface area (Å²) < 4.78 is 1.82. The molecule has 4 nitrogen and oxygen atoms in total. The average molecular weight is 272 g/mol. The van der Waals surface area contributed by atoms with Crippen LogP contribution in [0.15, 0.2) is 35.8 Å². The number of rotatable bonds is 4.